The Morgan fingerprint density at radius 2 is 1.46 bits per heavy atom. The van der Waals surface area contributed by atoms with Gasteiger partial charge in [-0.25, -0.2) is 8.42 Å². The van der Waals surface area contributed by atoms with Crippen molar-refractivity contribution in [1.82, 2.24) is 9.62 Å². The van der Waals surface area contributed by atoms with E-state index < -0.39 is 28.0 Å². The molecule has 0 amide bonds. The first-order chi connectivity index (χ1) is 16.7. The van der Waals surface area contributed by atoms with Crippen molar-refractivity contribution in [3.63, 3.8) is 0 Å². The topological polar surface area (TPSA) is 86.7 Å². The van der Waals surface area contributed by atoms with Crippen molar-refractivity contribution < 1.29 is 18.3 Å². The molecule has 0 aliphatic heterocycles. The summed E-state index contributed by atoms with van der Waals surface area (Å²) in [6, 6.07) is 13.5. The number of carbonyl (C=O) groups is 1. The first kappa shape index (κ1) is 30.0. The molecule has 0 aliphatic rings. The van der Waals surface area contributed by atoms with Gasteiger partial charge in [-0.05, 0) is 61.3 Å². The van der Waals surface area contributed by atoms with Gasteiger partial charge in [0.1, 0.15) is 0 Å². The van der Waals surface area contributed by atoms with Gasteiger partial charge in [-0.1, -0.05) is 83.5 Å². The molecule has 0 heterocycles. The van der Waals surface area contributed by atoms with Crippen LogP contribution in [0.25, 0.3) is 0 Å². The molecule has 0 bridgehead atoms. The zero-order valence-corrected chi connectivity index (χ0v) is 24.4. The summed E-state index contributed by atoms with van der Waals surface area (Å²) in [5, 5.41) is 13.7. The first-order valence-corrected chi connectivity index (χ1v) is 15.2. The Bertz CT molecular complexity index is 1010. The van der Waals surface area contributed by atoms with Crippen molar-refractivity contribution in [2.24, 2.45) is 5.92 Å². The normalized spacial score (nSPS) is 13.6. The quantitative estimate of drug-likeness (QED) is 0.204. The Kier molecular flexibility index (Phi) is 12.9. The van der Waals surface area contributed by atoms with E-state index in [9.17, 15) is 18.3 Å². The molecule has 35 heavy (non-hydrogen) atoms. The summed E-state index contributed by atoms with van der Waals surface area (Å²) in [7, 11) is -3.86. The Morgan fingerprint density at radius 3 is 2.00 bits per heavy atom. The van der Waals surface area contributed by atoms with E-state index in [1.165, 1.54) is 4.31 Å². The summed E-state index contributed by atoms with van der Waals surface area (Å²) in [5.41, 5.74) is 0.826. The van der Waals surface area contributed by atoms with Crippen LogP contribution in [0.1, 0.15) is 64.0 Å². The number of hydrogen-bond donors (Lipinski definition) is 2. The highest BCUT2D eigenvalue weighted by atomic mass is 79.9. The second kappa shape index (κ2) is 15.1. The lowest BCUT2D eigenvalue weighted by Crippen LogP contribution is -2.44. The molecule has 0 saturated heterocycles. The van der Waals surface area contributed by atoms with Gasteiger partial charge in [-0.15, -0.1) is 0 Å². The van der Waals surface area contributed by atoms with Crippen molar-refractivity contribution in [3.8, 4) is 0 Å². The lowest BCUT2D eigenvalue weighted by molar-refractivity contribution is -0.143. The lowest BCUT2D eigenvalue weighted by Gasteiger charge is -2.31. The van der Waals surface area contributed by atoms with E-state index in [4.69, 9.17) is 0 Å². The monoisotopic (exact) mass is 630 g/mol. The van der Waals surface area contributed by atoms with Crippen LogP contribution in [0.4, 0.5) is 0 Å². The number of halogens is 2. The molecule has 194 valence electrons. The number of carboxylic acids is 1. The van der Waals surface area contributed by atoms with Crippen LogP contribution in [-0.4, -0.2) is 43.4 Å². The summed E-state index contributed by atoms with van der Waals surface area (Å²) in [4.78, 5) is 12.7. The number of nitrogens with one attached hydrogen (secondary N) is 1. The van der Waals surface area contributed by atoms with E-state index in [1.807, 2.05) is 24.3 Å². The molecular weight excluding hydrogens is 596 g/mol. The van der Waals surface area contributed by atoms with Crippen molar-refractivity contribution >= 4 is 47.9 Å². The second-order valence-electron chi connectivity index (χ2n) is 8.66. The van der Waals surface area contributed by atoms with E-state index in [2.05, 4.69) is 51.0 Å². The van der Waals surface area contributed by atoms with Crippen LogP contribution in [0.2, 0.25) is 0 Å². The fourth-order valence-electron chi connectivity index (χ4n) is 3.94. The molecule has 0 radical (unpaired) electrons. The molecule has 2 N–H and O–H groups in total. The van der Waals surface area contributed by atoms with E-state index in [-0.39, 0.29) is 18.0 Å². The highest BCUT2D eigenvalue weighted by molar-refractivity contribution is 9.10. The van der Waals surface area contributed by atoms with Gasteiger partial charge in [0, 0.05) is 28.1 Å². The molecule has 2 unspecified atom stereocenters. The minimum Gasteiger partial charge on any atom is -0.481 e. The van der Waals surface area contributed by atoms with E-state index in [0.29, 0.717) is 13.0 Å². The number of nitrogens with zero attached hydrogens (tertiary/aromatic N) is 1. The van der Waals surface area contributed by atoms with Crippen LogP contribution in [0.3, 0.4) is 0 Å². The highest BCUT2D eigenvalue weighted by Crippen LogP contribution is 2.28. The fourth-order valence-corrected chi connectivity index (χ4v) is 5.98. The molecule has 0 saturated carbocycles. The Morgan fingerprint density at radius 1 is 0.914 bits per heavy atom. The molecule has 9 heteroatoms. The number of hydrogen-bond acceptors (Lipinski definition) is 4. The molecule has 2 rings (SSSR count). The standard InChI is InChI=1S/C26H36Br2N2O4S/c1-3-5-7-17-29-25(20-9-11-21(27)12-10-20)24(26(31)32)19-30(18-8-6-4-2)35(33,34)23-15-13-22(28)14-16-23/h9-16,24-25,29H,3-8,17-19H2,1-2H3,(H,31,32). The van der Waals surface area contributed by atoms with Crippen LogP contribution >= 0.6 is 31.9 Å². The maximum Gasteiger partial charge on any atom is 0.309 e. The lowest BCUT2D eigenvalue weighted by atomic mass is 9.92. The predicted octanol–water partition coefficient (Wildman–Crippen LogP) is 6.61. The van der Waals surface area contributed by atoms with Gasteiger partial charge in [0.15, 0.2) is 0 Å². The first-order valence-electron chi connectivity index (χ1n) is 12.2. The second-order valence-corrected chi connectivity index (χ2v) is 12.4. The van der Waals surface area contributed by atoms with Crippen LogP contribution in [-0.2, 0) is 14.8 Å². The highest BCUT2D eigenvalue weighted by Gasteiger charge is 2.35. The van der Waals surface area contributed by atoms with E-state index in [1.54, 1.807) is 24.3 Å². The summed E-state index contributed by atoms with van der Waals surface area (Å²) in [6.07, 6.45) is 5.51. The predicted molar refractivity (Wildman–Crippen MR) is 148 cm³/mol. The number of sulfonamides is 1. The Hall–Kier alpha value is -1.26. The van der Waals surface area contributed by atoms with Gasteiger partial charge in [0.05, 0.1) is 10.8 Å². The zero-order chi connectivity index (χ0) is 25.8. The molecule has 0 fully saturated rings. The Balaban J connectivity index is 2.41. The Labute approximate surface area is 226 Å². The third-order valence-electron chi connectivity index (χ3n) is 5.96. The number of unbranched alkanes of at least 4 members (excludes halogenated alkanes) is 4. The van der Waals surface area contributed by atoms with E-state index >= 15 is 0 Å². The molecule has 2 atom stereocenters. The smallest absolute Gasteiger partial charge is 0.309 e. The summed E-state index contributed by atoms with van der Waals surface area (Å²) >= 11 is 6.79. The van der Waals surface area contributed by atoms with Gasteiger partial charge in [0.2, 0.25) is 10.0 Å². The average Bonchev–Trinajstić information content (AvgIpc) is 2.83. The maximum absolute atomic E-state index is 13.6. The number of rotatable bonds is 16. The van der Waals surface area contributed by atoms with Gasteiger partial charge in [0.25, 0.3) is 0 Å². The fraction of sp³-hybridized carbons (Fsp3) is 0.500. The number of benzene rings is 2. The molecule has 0 aliphatic carbocycles. The molecule has 2 aromatic carbocycles. The van der Waals surface area contributed by atoms with Crippen molar-refractivity contribution in [1.29, 1.82) is 0 Å². The molecule has 0 aromatic heterocycles. The summed E-state index contributed by atoms with van der Waals surface area (Å²) in [5.74, 6) is -1.97. The number of carboxylic acid groups (broad SMARTS) is 1. The molecule has 0 spiro atoms. The van der Waals surface area contributed by atoms with Crippen LogP contribution in [0.15, 0.2) is 62.4 Å². The maximum atomic E-state index is 13.6. The summed E-state index contributed by atoms with van der Waals surface area (Å²) in [6.45, 7) is 5.00. The van der Waals surface area contributed by atoms with Crippen LogP contribution < -0.4 is 5.32 Å². The molecule has 2 aromatic rings. The summed E-state index contributed by atoms with van der Waals surface area (Å²) < 4.78 is 30.2. The van der Waals surface area contributed by atoms with Gasteiger partial charge in [-0.2, -0.15) is 4.31 Å². The minimum atomic E-state index is -3.86. The third-order valence-corrected chi connectivity index (χ3v) is 8.89. The third kappa shape index (κ3) is 9.28. The van der Waals surface area contributed by atoms with Crippen molar-refractivity contribution in [3.05, 3.63) is 63.0 Å². The van der Waals surface area contributed by atoms with Gasteiger partial charge in [-0.3, -0.25) is 4.79 Å². The van der Waals surface area contributed by atoms with Crippen LogP contribution in [0.5, 0.6) is 0 Å². The van der Waals surface area contributed by atoms with Crippen molar-refractivity contribution in [2.45, 2.75) is 63.3 Å². The zero-order valence-electron chi connectivity index (χ0n) is 20.4. The number of aliphatic carboxylic acids is 1. The van der Waals surface area contributed by atoms with Crippen molar-refractivity contribution in [2.75, 3.05) is 19.6 Å². The van der Waals surface area contributed by atoms with Gasteiger partial charge >= 0.3 is 5.97 Å². The van der Waals surface area contributed by atoms with Crippen LogP contribution in [0, 0.1) is 5.92 Å². The minimum absolute atomic E-state index is 0.112. The molecule has 6 nitrogen and oxygen atoms in total. The van der Waals surface area contributed by atoms with E-state index in [0.717, 1.165) is 46.6 Å². The SMILES string of the molecule is CCCCCNC(c1ccc(Br)cc1)C(CN(CCCCC)S(=O)(=O)c1ccc(Br)cc1)C(=O)O. The van der Waals surface area contributed by atoms with Gasteiger partial charge < -0.3 is 10.4 Å². The largest absolute Gasteiger partial charge is 0.481 e. The average molecular weight is 632 g/mol. The molecular formula is C26H36Br2N2O4S.